The number of piperazine rings is 1. The Morgan fingerprint density at radius 3 is 2.58 bits per heavy atom. The summed E-state index contributed by atoms with van der Waals surface area (Å²) < 4.78 is 5.49. The van der Waals surface area contributed by atoms with Gasteiger partial charge in [-0.2, -0.15) is 0 Å². The molecular formula is C19H26N4O2S. The summed E-state index contributed by atoms with van der Waals surface area (Å²) in [5.41, 5.74) is 2.20. The highest BCUT2D eigenvalue weighted by Gasteiger charge is 2.21. The summed E-state index contributed by atoms with van der Waals surface area (Å²) in [4.78, 5) is 20.9. The predicted molar refractivity (Wildman–Crippen MR) is 105 cm³/mol. The summed E-state index contributed by atoms with van der Waals surface area (Å²) in [5, 5.41) is 6.02. The van der Waals surface area contributed by atoms with Gasteiger partial charge in [0.05, 0.1) is 12.3 Å². The first-order valence-corrected chi connectivity index (χ1v) is 10.00. The van der Waals surface area contributed by atoms with Crippen LogP contribution in [-0.4, -0.2) is 60.1 Å². The van der Waals surface area contributed by atoms with Crippen molar-refractivity contribution in [2.24, 2.45) is 0 Å². The van der Waals surface area contributed by atoms with Gasteiger partial charge in [0.25, 0.3) is 0 Å². The lowest BCUT2D eigenvalue weighted by Gasteiger charge is -2.34. The quantitative estimate of drug-likeness (QED) is 0.844. The van der Waals surface area contributed by atoms with Crippen LogP contribution >= 0.6 is 11.3 Å². The fourth-order valence-electron chi connectivity index (χ4n) is 2.97. The summed E-state index contributed by atoms with van der Waals surface area (Å²) >= 11 is 1.67. The number of hydrogen-bond donors (Lipinski definition) is 1. The van der Waals surface area contributed by atoms with E-state index in [0.717, 1.165) is 54.7 Å². The Morgan fingerprint density at radius 2 is 1.92 bits per heavy atom. The number of ether oxygens (including phenoxy) is 1. The Bertz CT molecular complexity index is 709. The number of nitrogens with one attached hydrogen (secondary N) is 1. The molecule has 1 aliphatic rings. The molecule has 1 fully saturated rings. The number of nitrogens with zero attached hydrogens (tertiary/aromatic N) is 3. The van der Waals surface area contributed by atoms with Gasteiger partial charge in [-0.1, -0.05) is 0 Å². The molecule has 0 radical (unpaired) electrons. The number of hydrogen-bond acceptors (Lipinski definition) is 5. The van der Waals surface area contributed by atoms with Crippen molar-refractivity contribution in [3.63, 3.8) is 0 Å². The van der Waals surface area contributed by atoms with E-state index in [2.05, 4.69) is 27.7 Å². The van der Waals surface area contributed by atoms with Crippen LogP contribution in [0.5, 0.6) is 5.75 Å². The molecule has 1 aliphatic heterocycles. The average Bonchev–Trinajstić information content (AvgIpc) is 3.12. The van der Waals surface area contributed by atoms with Crippen molar-refractivity contribution in [2.45, 2.75) is 20.4 Å². The van der Waals surface area contributed by atoms with Crippen molar-refractivity contribution in [3.8, 4) is 16.3 Å². The van der Waals surface area contributed by atoms with Crippen molar-refractivity contribution < 1.29 is 9.53 Å². The Hall–Kier alpha value is -2.12. The molecule has 0 spiro atoms. The summed E-state index contributed by atoms with van der Waals surface area (Å²) in [6, 6.07) is 8.12. The van der Waals surface area contributed by atoms with E-state index in [9.17, 15) is 4.79 Å². The van der Waals surface area contributed by atoms with Crippen LogP contribution in [0.4, 0.5) is 4.79 Å². The van der Waals surface area contributed by atoms with Gasteiger partial charge in [0, 0.05) is 50.2 Å². The molecule has 7 heteroatoms. The summed E-state index contributed by atoms with van der Waals surface area (Å²) in [6.07, 6.45) is 0. The second-order valence-corrected chi connectivity index (χ2v) is 7.06. The topological polar surface area (TPSA) is 57.7 Å². The van der Waals surface area contributed by atoms with Crippen molar-refractivity contribution in [1.82, 2.24) is 20.1 Å². The molecule has 1 aromatic carbocycles. The maximum Gasteiger partial charge on any atom is 0.317 e. The first-order chi connectivity index (χ1) is 12.7. The second-order valence-electron chi connectivity index (χ2n) is 6.20. The highest BCUT2D eigenvalue weighted by molar-refractivity contribution is 7.13. The van der Waals surface area contributed by atoms with E-state index in [4.69, 9.17) is 9.72 Å². The molecule has 0 aliphatic carbocycles. The third-order valence-corrected chi connectivity index (χ3v) is 5.28. The molecule has 0 bridgehead atoms. The van der Waals surface area contributed by atoms with Crippen LogP contribution < -0.4 is 10.1 Å². The van der Waals surface area contributed by atoms with Crippen LogP contribution in [0.2, 0.25) is 0 Å². The van der Waals surface area contributed by atoms with Crippen LogP contribution in [0.15, 0.2) is 29.6 Å². The Morgan fingerprint density at radius 1 is 1.19 bits per heavy atom. The SMILES string of the molecule is CCNC(=O)N1CCN(Cc2csc(-c3ccc(OCC)cc3)n2)CC1. The van der Waals surface area contributed by atoms with E-state index < -0.39 is 0 Å². The van der Waals surface area contributed by atoms with Crippen LogP contribution in [0, 0.1) is 0 Å². The minimum absolute atomic E-state index is 0.0404. The molecule has 1 saturated heterocycles. The van der Waals surface area contributed by atoms with E-state index in [1.54, 1.807) is 11.3 Å². The molecule has 1 N–H and O–H groups in total. The standard InChI is InChI=1S/C19H26N4O2S/c1-3-20-19(24)23-11-9-22(10-12-23)13-16-14-26-18(21-16)15-5-7-17(8-6-15)25-4-2/h5-8,14H,3-4,9-13H2,1-2H3,(H,20,24). The summed E-state index contributed by atoms with van der Waals surface area (Å²) in [7, 11) is 0. The van der Waals surface area contributed by atoms with Gasteiger partial charge in [-0.05, 0) is 38.1 Å². The fraction of sp³-hybridized carbons (Fsp3) is 0.474. The number of carbonyl (C=O) groups is 1. The van der Waals surface area contributed by atoms with E-state index >= 15 is 0 Å². The number of urea groups is 1. The molecule has 1 aromatic heterocycles. The second kappa shape index (κ2) is 9.00. The van der Waals surface area contributed by atoms with Gasteiger partial charge in [0.15, 0.2) is 0 Å². The maximum atomic E-state index is 11.9. The van der Waals surface area contributed by atoms with Crippen LogP contribution in [0.3, 0.4) is 0 Å². The summed E-state index contributed by atoms with van der Waals surface area (Å²) in [5.74, 6) is 0.887. The number of carbonyl (C=O) groups excluding carboxylic acids is 1. The van der Waals surface area contributed by atoms with Gasteiger partial charge in [-0.3, -0.25) is 4.90 Å². The van der Waals surface area contributed by atoms with Crippen molar-refractivity contribution >= 4 is 17.4 Å². The summed E-state index contributed by atoms with van der Waals surface area (Å²) in [6.45, 7) is 9.40. The molecule has 2 amide bonds. The Balaban J connectivity index is 1.53. The fourth-order valence-corrected chi connectivity index (χ4v) is 3.79. The molecule has 0 saturated carbocycles. The first kappa shape index (κ1) is 18.7. The number of thiazole rings is 1. The normalized spacial score (nSPS) is 15.1. The molecule has 140 valence electrons. The van der Waals surface area contributed by atoms with E-state index in [1.807, 2.05) is 30.9 Å². The highest BCUT2D eigenvalue weighted by atomic mass is 32.1. The number of aromatic nitrogens is 1. The van der Waals surface area contributed by atoms with Gasteiger partial charge < -0.3 is 15.0 Å². The lowest BCUT2D eigenvalue weighted by atomic mass is 10.2. The molecule has 2 aromatic rings. The van der Waals surface area contributed by atoms with Crippen LogP contribution in [-0.2, 0) is 6.54 Å². The lowest BCUT2D eigenvalue weighted by molar-refractivity contribution is 0.135. The zero-order valence-electron chi connectivity index (χ0n) is 15.4. The van der Waals surface area contributed by atoms with E-state index in [-0.39, 0.29) is 6.03 Å². The van der Waals surface area contributed by atoms with Gasteiger partial charge in [-0.25, -0.2) is 9.78 Å². The molecule has 3 rings (SSSR count). The van der Waals surface area contributed by atoms with E-state index in [1.165, 1.54) is 0 Å². The Kier molecular flexibility index (Phi) is 6.46. The lowest BCUT2D eigenvalue weighted by Crippen LogP contribution is -2.51. The number of amides is 2. The van der Waals surface area contributed by atoms with Gasteiger partial charge in [0.1, 0.15) is 10.8 Å². The van der Waals surface area contributed by atoms with Crippen LogP contribution in [0.25, 0.3) is 10.6 Å². The average molecular weight is 375 g/mol. The third kappa shape index (κ3) is 4.74. The Labute approximate surface area is 158 Å². The molecule has 0 unspecified atom stereocenters. The zero-order chi connectivity index (χ0) is 18.4. The smallest absolute Gasteiger partial charge is 0.317 e. The van der Waals surface area contributed by atoms with E-state index in [0.29, 0.717) is 13.2 Å². The monoisotopic (exact) mass is 374 g/mol. The van der Waals surface area contributed by atoms with Gasteiger partial charge >= 0.3 is 6.03 Å². The molecule has 0 atom stereocenters. The minimum atomic E-state index is 0.0404. The van der Waals surface area contributed by atoms with Crippen molar-refractivity contribution in [1.29, 1.82) is 0 Å². The predicted octanol–water partition coefficient (Wildman–Crippen LogP) is 3.06. The molecule has 6 nitrogen and oxygen atoms in total. The van der Waals surface area contributed by atoms with Crippen LogP contribution in [0.1, 0.15) is 19.5 Å². The van der Waals surface area contributed by atoms with Gasteiger partial charge in [0.2, 0.25) is 0 Å². The molecular weight excluding hydrogens is 348 g/mol. The third-order valence-electron chi connectivity index (χ3n) is 4.34. The number of benzene rings is 1. The first-order valence-electron chi connectivity index (χ1n) is 9.12. The van der Waals surface area contributed by atoms with Crippen molar-refractivity contribution in [2.75, 3.05) is 39.3 Å². The maximum absolute atomic E-state index is 11.9. The van der Waals surface area contributed by atoms with Gasteiger partial charge in [-0.15, -0.1) is 11.3 Å². The highest BCUT2D eigenvalue weighted by Crippen LogP contribution is 2.26. The minimum Gasteiger partial charge on any atom is -0.494 e. The number of rotatable bonds is 6. The molecule has 26 heavy (non-hydrogen) atoms. The zero-order valence-corrected chi connectivity index (χ0v) is 16.2. The molecule has 2 heterocycles. The van der Waals surface area contributed by atoms with Crippen molar-refractivity contribution in [3.05, 3.63) is 35.3 Å². The largest absolute Gasteiger partial charge is 0.494 e.